The van der Waals surface area contributed by atoms with E-state index in [-0.39, 0.29) is 6.04 Å². The van der Waals surface area contributed by atoms with Crippen molar-refractivity contribution in [2.24, 2.45) is 11.8 Å². The highest BCUT2D eigenvalue weighted by atomic mass is 15.0. The zero-order valence-corrected chi connectivity index (χ0v) is 8.13. The van der Waals surface area contributed by atoms with Gasteiger partial charge in [0.15, 0.2) is 0 Å². The molecule has 0 aromatic rings. The van der Waals surface area contributed by atoms with Crippen LogP contribution in [0, 0.1) is 18.4 Å². The highest BCUT2D eigenvalue weighted by molar-refractivity contribution is 4.97. The predicted octanol–water partition coefficient (Wildman–Crippen LogP) is 2.07. The maximum absolute atomic E-state index is 7.13. The molecule has 0 amide bonds. The second-order valence-electron chi connectivity index (χ2n) is 4.42. The first-order valence-corrected chi connectivity index (χ1v) is 5.49. The van der Waals surface area contributed by atoms with E-state index < -0.39 is 0 Å². The molecule has 1 heterocycles. The van der Waals surface area contributed by atoms with E-state index in [0.29, 0.717) is 5.92 Å². The Morgan fingerprint density at radius 3 is 2.54 bits per heavy atom. The van der Waals surface area contributed by atoms with Crippen LogP contribution in [0.4, 0.5) is 0 Å². The predicted molar refractivity (Wildman–Crippen MR) is 53.3 cm³/mol. The molecule has 0 radical (unpaired) electrons. The van der Waals surface area contributed by atoms with Gasteiger partial charge in [-0.2, -0.15) is 0 Å². The molecule has 2 heteroatoms. The van der Waals surface area contributed by atoms with Crippen molar-refractivity contribution >= 4 is 0 Å². The second-order valence-corrected chi connectivity index (χ2v) is 4.42. The molecule has 2 nitrogen and oxygen atoms in total. The molecule has 2 aliphatic rings. The van der Waals surface area contributed by atoms with Gasteiger partial charge in [-0.25, -0.2) is 6.57 Å². The first kappa shape index (κ1) is 9.02. The van der Waals surface area contributed by atoms with Gasteiger partial charge in [0.1, 0.15) is 0 Å². The average molecular weight is 178 g/mol. The second kappa shape index (κ2) is 4.11. The van der Waals surface area contributed by atoms with Crippen LogP contribution in [-0.2, 0) is 0 Å². The maximum Gasteiger partial charge on any atom is 0.240 e. The summed E-state index contributed by atoms with van der Waals surface area (Å²) in [4.78, 5) is 3.73. The Balaban J connectivity index is 1.94. The van der Waals surface area contributed by atoms with Gasteiger partial charge < -0.3 is 10.2 Å². The van der Waals surface area contributed by atoms with Crippen molar-refractivity contribution in [1.29, 1.82) is 0 Å². The largest absolute Gasteiger partial charge is 0.312 e. The Labute approximate surface area is 80.5 Å². The lowest BCUT2D eigenvalue weighted by molar-refractivity contribution is 0.257. The van der Waals surface area contributed by atoms with Gasteiger partial charge >= 0.3 is 0 Å². The number of nitrogens with zero attached hydrogens (tertiary/aromatic N) is 1. The minimum atomic E-state index is 0.281. The van der Waals surface area contributed by atoms with Gasteiger partial charge in [0.2, 0.25) is 6.04 Å². The molecule has 72 valence electrons. The summed E-state index contributed by atoms with van der Waals surface area (Å²) in [6.07, 6.45) is 6.95. The summed E-state index contributed by atoms with van der Waals surface area (Å²) in [6, 6.07) is 0.281. The van der Waals surface area contributed by atoms with Crippen LogP contribution in [0.25, 0.3) is 4.85 Å². The molecule has 0 spiro atoms. The summed E-state index contributed by atoms with van der Waals surface area (Å²) < 4.78 is 0. The molecule has 1 saturated heterocycles. The van der Waals surface area contributed by atoms with E-state index in [2.05, 4.69) is 10.2 Å². The van der Waals surface area contributed by atoms with Gasteiger partial charge in [0.25, 0.3) is 0 Å². The van der Waals surface area contributed by atoms with Crippen LogP contribution < -0.4 is 5.32 Å². The smallest absolute Gasteiger partial charge is 0.240 e. The summed E-state index contributed by atoms with van der Waals surface area (Å²) in [5, 5.41) is 3.36. The monoisotopic (exact) mass is 178 g/mol. The summed E-state index contributed by atoms with van der Waals surface area (Å²) in [5.74, 6) is 1.51. The Hall–Kier alpha value is -0.550. The van der Waals surface area contributed by atoms with Crippen molar-refractivity contribution in [2.45, 2.75) is 38.1 Å². The van der Waals surface area contributed by atoms with E-state index in [0.717, 1.165) is 19.0 Å². The van der Waals surface area contributed by atoms with Crippen LogP contribution in [0.5, 0.6) is 0 Å². The molecule has 13 heavy (non-hydrogen) atoms. The zero-order valence-electron chi connectivity index (χ0n) is 8.13. The van der Waals surface area contributed by atoms with Crippen LogP contribution in [0.3, 0.4) is 0 Å². The van der Waals surface area contributed by atoms with E-state index in [9.17, 15) is 0 Å². The lowest BCUT2D eigenvalue weighted by Crippen LogP contribution is -2.26. The van der Waals surface area contributed by atoms with Crippen LogP contribution in [-0.4, -0.2) is 19.1 Å². The van der Waals surface area contributed by atoms with Gasteiger partial charge in [0, 0.05) is 6.54 Å². The molecule has 2 fully saturated rings. The van der Waals surface area contributed by atoms with Gasteiger partial charge in [-0.05, 0) is 18.8 Å². The minimum absolute atomic E-state index is 0.281. The Morgan fingerprint density at radius 1 is 1.08 bits per heavy atom. The van der Waals surface area contributed by atoms with Crippen molar-refractivity contribution in [3.05, 3.63) is 11.4 Å². The number of nitrogens with one attached hydrogen (secondary N) is 1. The normalized spacial score (nSPS) is 35.9. The quantitative estimate of drug-likeness (QED) is 0.608. The highest BCUT2D eigenvalue weighted by Gasteiger charge is 2.37. The molecular weight excluding hydrogens is 160 g/mol. The molecule has 0 aromatic heterocycles. The summed E-state index contributed by atoms with van der Waals surface area (Å²) in [6.45, 7) is 9.16. The van der Waals surface area contributed by atoms with Gasteiger partial charge in [-0.3, -0.25) is 0 Å². The molecule has 2 rings (SSSR count). The van der Waals surface area contributed by atoms with E-state index in [1.807, 2.05) is 0 Å². The summed E-state index contributed by atoms with van der Waals surface area (Å²) in [5.41, 5.74) is 0. The van der Waals surface area contributed by atoms with Gasteiger partial charge in [-0.15, -0.1) is 0 Å². The van der Waals surface area contributed by atoms with E-state index in [1.54, 1.807) is 0 Å². The third kappa shape index (κ3) is 1.86. The molecule has 1 aliphatic heterocycles. The zero-order chi connectivity index (χ0) is 9.10. The Morgan fingerprint density at radius 2 is 1.85 bits per heavy atom. The minimum Gasteiger partial charge on any atom is -0.312 e. The van der Waals surface area contributed by atoms with Crippen LogP contribution in [0.2, 0.25) is 0 Å². The van der Waals surface area contributed by atoms with Crippen molar-refractivity contribution < 1.29 is 0 Å². The topological polar surface area (TPSA) is 16.4 Å². The molecule has 0 aromatic carbocycles. The number of rotatable bonds is 1. The molecule has 1 unspecified atom stereocenters. The van der Waals surface area contributed by atoms with E-state index in [1.165, 1.54) is 32.1 Å². The fourth-order valence-electron chi connectivity index (χ4n) is 2.87. The SMILES string of the molecule is [C-]#[N+][C@H]1CNCC1C1CCCCC1. The maximum atomic E-state index is 7.13. The Kier molecular flexibility index (Phi) is 2.85. The van der Waals surface area contributed by atoms with Crippen LogP contribution >= 0.6 is 0 Å². The van der Waals surface area contributed by atoms with E-state index in [4.69, 9.17) is 6.57 Å². The molecule has 1 N–H and O–H groups in total. The van der Waals surface area contributed by atoms with Gasteiger partial charge in [0.05, 0.1) is 12.5 Å². The Bertz CT molecular complexity index is 201. The standard InChI is InChI=1S/C11H18N2/c1-12-11-8-13-7-10(11)9-5-3-2-4-6-9/h9-11,13H,2-8H2/t10?,11-/m0/s1. The van der Waals surface area contributed by atoms with Crippen molar-refractivity contribution in [3.63, 3.8) is 0 Å². The van der Waals surface area contributed by atoms with Crippen molar-refractivity contribution in [2.75, 3.05) is 13.1 Å². The lowest BCUT2D eigenvalue weighted by Gasteiger charge is -2.26. The number of hydrogen-bond acceptors (Lipinski definition) is 1. The molecular formula is C11H18N2. The van der Waals surface area contributed by atoms with Crippen LogP contribution in [0.15, 0.2) is 0 Å². The fourth-order valence-corrected chi connectivity index (χ4v) is 2.87. The molecule has 1 saturated carbocycles. The van der Waals surface area contributed by atoms with Crippen LogP contribution in [0.1, 0.15) is 32.1 Å². The van der Waals surface area contributed by atoms with Crippen molar-refractivity contribution in [1.82, 2.24) is 5.32 Å². The summed E-state index contributed by atoms with van der Waals surface area (Å²) >= 11 is 0. The number of hydrogen-bond donors (Lipinski definition) is 1. The highest BCUT2D eigenvalue weighted by Crippen LogP contribution is 2.34. The first-order valence-electron chi connectivity index (χ1n) is 5.49. The lowest BCUT2D eigenvalue weighted by atomic mass is 9.78. The fraction of sp³-hybridized carbons (Fsp3) is 0.909. The van der Waals surface area contributed by atoms with E-state index >= 15 is 0 Å². The van der Waals surface area contributed by atoms with Crippen molar-refractivity contribution in [3.8, 4) is 0 Å². The third-order valence-corrected chi connectivity index (χ3v) is 3.65. The molecule has 1 aliphatic carbocycles. The molecule has 2 atom stereocenters. The third-order valence-electron chi connectivity index (χ3n) is 3.65. The van der Waals surface area contributed by atoms with Gasteiger partial charge in [-0.1, -0.05) is 19.3 Å². The summed E-state index contributed by atoms with van der Waals surface area (Å²) in [7, 11) is 0. The average Bonchev–Trinajstić information content (AvgIpc) is 2.67. The first-order chi connectivity index (χ1) is 6.42. The molecule has 0 bridgehead atoms.